The number of halogens is 2. The second kappa shape index (κ2) is 12.8. The van der Waals surface area contributed by atoms with Gasteiger partial charge in [0.1, 0.15) is 5.82 Å². The molecule has 0 unspecified atom stereocenters. The van der Waals surface area contributed by atoms with Crippen LogP contribution in [0.15, 0.2) is 52.4 Å². The average molecular weight is 537 g/mol. The molecule has 6 N–H and O–H groups in total. The number of nitrogens with zero attached hydrogens (tertiary/aromatic N) is 3. The molecule has 3 aromatic rings. The number of carbonyl (C=O) groups is 1. The number of guanidine groups is 1. The Morgan fingerprint density at radius 2 is 1.77 bits per heavy atom. The Morgan fingerprint density at radius 3 is 2.46 bits per heavy atom. The normalized spacial score (nSPS) is 17.0. The Hall–Kier alpha value is -2.75. The number of rotatable bonds is 6. The molecule has 11 heteroatoms. The van der Waals surface area contributed by atoms with Crippen LogP contribution in [0.2, 0.25) is 0 Å². The summed E-state index contributed by atoms with van der Waals surface area (Å²) in [5.41, 5.74) is 13.7. The number of amides is 1. The highest BCUT2D eigenvalue weighted by Gasteiger charge is 2.26. The van der Waals surface area contributed by atoms with Gasteiger partial charge in [0.15, 0.2) is 5.96 Å². The van der Waals surface area contributed by atoms with Crippen LogP contribution in [0, 0.1) is 6.92 Å². The quantitative estimate of drug-likeness (QED) is 0.203. The number of benzene rings is 2. The van der Waals surface area contributed by atoms with Gasteiger partial charge < -0.3 is 16.8 Å². The fraction of sp³-hybridized carbons (Fsp3) is 0.333. The number of hydrogen-bond donors (Lipinski definition) is 4. The minimum atomic E-state index is -0.254. The van der Waals surface area contributed by atoms with Crippen LogP contribution in [0.1, 0.15) is 41.6 Å². The minimum absolute atomic E-state index is 0. The Bertz CT molecular complexity index is 1190. The van der Waals surface area contributed by atoms with Gasteiger partial charge in [0.05, 0.1) is 17.6 Å². The van der Waals surface area contributed by atoms with E-state index < -0.39 is 0 Å². The molecule has 188 valence electrons. The summed E-state index contributed by atoms with van der Waals surface area (Å²) in [6.45, 7) is 2.03. The number of nitrogens with one attached hydrogen (secondary N) is 2. The molecule has 1 heterocycles. The maximum Gasteiger partial charge on any atom is 0.258 e. The van der Waals surface area contributed by atoms with E-state index in [0.29, 0.717) is 11.4 Å². The van der Waals surface area contributed by atoms with Crippen molar-refractivity contribution in [3.8, 4) is 0 Å². The molecule has 8 nitrogen and oxygen atoms in total. The van der Waals surface area contributed by atoms with Crippen molar-refractivity contribution in [1.82, 2.24) is 9.97 Å². The van der Waals surface area contributed by atoms with Crippen molar-refractivity contribution >= 4 is 71.1 Å². The summed E-state index contributed by atoms with van der Waals surface area (Å²) in [4.78, 5) is 27.6. The van der Waals surface area contributed by atoms with Gasteiger partial charge in [-0.05, 0) is 62.4 Å². The summed E-state index contributed by atoms with van der Waals surface area (Å²) >= 11 is 1.63. The lowest BCUT2D eigenvalue weighted by Gasteiger charge is -2.30. The fourth-order valence-electron chi connectivity index (χ4n) is 4.13. The highest BCUT2D eigenvalue weighted by molar-refractivity contribution is 7.98. The largest absolute Gasteiger partial charge is 0.370 e. The van der Waals surface area contributed by atoms with Gasteiger partial charge in [0.2, 0.25) is 5.95 Å². The van der Waals surface area contributed by atoms with Gasteiger partial charge in [-0.2, -0.15) is 4.98 Å². The van der Waals surface area contributed by atoms with Crippen LogP contribution in [-0.4, -0.2) is 40.2 Å². The zero-order valence-electron chi connectivity index (χ0n) is 19.7. The SMILES string of the molecule is CSc1ccc(C(=O)Nc2nc(N[C@H]3CCCC[C@H]3N=C(N)N)c3cc(C)ccc3n2)cc1.Cl.Cl. The smallest absolute Gasteiger partial charge is 0.258 e. The van der Waals surface area contributed by atoms with Crippen LogP contribution < -0.4 is 22.1 Å². The second-order valence-corrected chi connectivity index (χ2v) is 9.14. The van der Waals surface area contributed by atoms with Crippen molar-refractivity contribution < 1.29 is 4.79 Å². The molecule has 2 aromatic carbocycles. The lowest BCUT2D eigenvalue weighted by Crippen LogP contribution is -2.38. The number of hydrogen-bond acceptors (Lipinski definition) is 6. The maximum atomic E-state index is 12.8. The van der Waals surface area contributed by atoms with E-state index in [-0.39, 0.29) is 54.7 Å². The average Bonchev–Trinajstić information content (AvgIpc) is 2.80. The van der Waals surface area contributed by atoms with E-state index in [1.807, 2.05) is 43.5 Å². The van der Waals surface area contributed by atoms with Crippen molar-refractivity contribution in [2.75, 3.05) is 16.9 Å². The highest BCUT2D eigenvalue weighted by Crippen LogP contribution is 2.29. The van der Waals surface area contributed by atoms with E-state index in [0.717, 1.165) is 47.0 Å². The van der Waals surface area contributed by atoms with Crippen LogP contribution in [0.3, 0.4) is 0 Å². The van der Waals surface area contributed by atoms with Gasteiger partial charge in [-0.3, -0.25) is 10.1 Å². The predicted molar refractivity (Wildman–Crippen MR) is 150 cm³/mol. The van der Waals surface area contributed by atoms with Crippen molar-refractivity contribution in [3.63, 3.8) is 0 Å². The summed E-state index contributed by atoms with van der Waals surface area (Å²) in [7, 11) is 0. The van der Waals surface area contributed by atoms with Crippen molar-refractivity contribution in [3.05, 3.63) is 53.6 Å². The van der Waals surface area contributed by atoms with Crippen molar-refractivity contribution in [1.29, 1.82) is 0 Å². The molecule has 0 radical (unpaired) electrons. The van der Waals surface area contributed by atoms with Gasteiger partial charge in [-0.25, -0.2) is 9.98 Å². The van der Waals surface area contributed by atoms with E-state index in [1.165, 1.54) is 0 Å². The lowest BCUT2D eigenvalue weighted by atomic mass is 9.90. The van der Waals surface area contributed by atoms with Gasteiger partial charge in [0.25, 0.3) is 5.91 Å². The monoisotopic (exact) mass is 535 g/mol. The maximum absolute atomic E-state index is 12.8. The van der Waals surface area contributed by atoms with E-state index in [2.05, 4.69) is 25.6 Å². The Balaban J connectivity index is 0.00000216. The summed E-state index contributed by atoms with van der Waals surface area (Å²) < 4.78 is 0. The Morgan fingerprint density at radius 1 is 1.06 bits per heavy atom. The van der Waals surface area contributed by atoms with Crippen molar-refractivity contribution in [2.24, 2.45) is 16.5 Å². The molecule has 1 aliphatic carbocycles. The first-order valence-electron chi connectivity index (χ1n) is 11.0. The highest BCUT2D eigenvalue weighted by atomic mass is 35.5. The molecule has 2 atom stereocenters. The second-order valence-electron chi connectivity index (χ2n) is 8.26. The first-order valence-corrected chi connectivity index (χ1v) is 12.2. The van der Waals surface area contributed by atoms with Crippen LogP contribution in [0.4, 0.5) is 11.8 Å². The van der Waals surface area contributed by atoms with Crippen LogP contribution >= 0.6 is 36.6 Å². The molecule has 0 saturated heterocycles. The standard InChI is InChI=1S/C24H29N7OS.2ClH/c1-14-7-12-18-17(13-14)21(27-19-5-3-4-6-20(19)28-23(25)26)30-24(29-18)31-22(32)15-8-10-16(33-2)11-9-15;;/h7-13,19-20H,3-6H2,1-2H3,(H4,25,26,28)(H2,27,29,30,31,32);2*1H/t19-,20+;;/m0../s1. The first kappa shape index (κ1) is 28.5. The van der Waals surface area contributed by atoms with Crippen LogP contribution in [0.5, 0.6) is 0 Å². The summed E-state index contributed by atoms with van der Waals surface area (Å²) in [5.74, 6) is 0.759. The van der Waals surface area contributed by atoms with E-state index in [1.54, 1.807) is 23.9 Å². The van der Waals surface area contributed by atoms with Gasteiger partial charge in [-0.1, -0.05) is 24.5 Å². The van der Waals surface area contributed by atoms with Gasteiger partial charge in [-0.15, -0.1) is 36.6 Å². The molecule has 0 spiro atoms. The zero-order valence-corrected chi connectivity index (χ0v) is 22.1. The molecule has 1 amide bonds. The molecule has 1 aromatic heterocycles. The number of anilines is 2. The lowest BCUT2D eigenvalue weighted by molar-refractivity contribution is 0.102. The molecule has 4 rings (SSSR count). The van der Waals surface area contributed by atoms with E-state index in [9.17, 15) is 4.79 Å². The van der Waals surface area contributed by atoms with E-state index >= 15 is 0 Å². The summed E-state index contributed by atoms with van der Waals surface area (Å²) in [5, 5.41) is 7.29. The van der Waals surface area contributed by atoms with Crippen LogP contribution in [-0.2, 0) is 0 Å². The number of fused-ring (bicyclic) bond motifs is 1. The molecule has 35 heavy (non-hydrogen) atoms. The third-order valence-corrected chi connectivity index (χ3v) is 6.54. The molecule has 1 aliphatic rings. The van der Waals surface area contributed by atoms with Crippen molar-refractivity contribution in [2.45, 2.75) is 49.6 Å². The van der Waals surface area contributed by atoms with E-state index in [4.69, 9.17) is 11.5 Å². The third kappa shape index (κ3) is 7.13. The minimum Gasteiger partial charge on any atom is -0.370 e. The summed E-state index contributed by atoms with van der Waals surface area (Å²) in [6.07, 6.45) is 6.01. The fourth-order valence-corrected chi connectivity index (χ4v) is 4.53. The van der Waals surface area contributed by atoms with Crippen LogP contribution in [0.25, 0.3) is 10.9 Å². The first-order chi connectivity index (χ1) is 15.9. The van der Waals surface area contributed by atoms with Gasteiger partial charge >= 0.3 is 0 Å². The molecule has 1 fully saturated rings. The van der Waals surface area contributed by atoms with Gasteiger partial charge in [0, 0.05) is 15.8 Å². The topological polar surface area (TPSA) is 131 Å². The Kier molecular flexibility index (Phi) is 10.4. The molecule has 1 saturated carbocycles. The number of aliphatic imine (C=N–C) groups is 1. The molecular formula is C24H31Cl2N7OS. The molecular weight excluding hydrogens is 505 g/mol. The number of aryl methyl sites for hydroxylation is 1. The molecule has 0 bridgehead atoms. The molecule has 0 aliphatic heterocycles. The summed E-state index contributed by atoms with van der Waals surface area (Å²) in [6, 6.07) is 13.4. The third-order valence-electron chi connectivity index (χ3n) is 5.80. The predicted octanol–water partition coefficient (Wildman–Crippen LogP) is 4.75. The number of carbonyl (C=O) groups excluding carboxylic acids is 1. The number of aromatic nitrogens is 2. The number of nitrogens with two attached hydrogens (primary N) is 2. The number of thioether (sulfide) groups is 1. The zero-order chi connectivity index (χ0) is 23.4. The Labute approximate surface area is 222 Å².